The molecule has 0 N–H and O–H groups in total. The predicted molar refractivity (Wildman–Crippen MR) is 210 cm³/mol. The second-order valence-electron chi connectivity index (χ2n) is 13.7. The molecule has 0 aliphatic heterocycles. The summed E-state index contributed by atoms with van der Waals surface area (Å²) < 4.78 is 0. The number of nitrogens with zero attached hydrogens (tertiary/aromatic N) is 2. The van der Waals surface area contributed by atoms with Crippen molar-refractivity contribution in [3.63, 3.8) is 0 Å². The molecule has 0 amide bonds. The standard InChI is InChI=1S/C49H30N2/c1-3-12-31(13-4-1)44-30-45(51-48(50-44)34-14-5-2-6-15-34)37-19-9-18-35(28-37)36-26-27-39-38-20-7-8-21-40(38)49(43(39)29-36)41-22-10-16-32-24-25-33-17-11-23-42(49)47(33)46(32)41/h1-30H. The Morgan fingerprint density at radius 1 is 0.314 bits per heavy atom. The van der Waals surface area contributed by atoms with E-state index in [1.54, 1.807) is 0 Å². The van der Waals surface area contributed by atoms with Gasteiger partial charge in [-0.05, 0) is 84.3 Å². The molecule has 236 valence electrons. The lowest BCUT2D eigenvalue weighted by Crippen LogP contribution is -2.26. The largest absolute Gasteiger partial charge is 0.228 e. The highest BCUT2D eigenvalue weighted by atomic mass is 14.9. The quantitative estimate of drug-likeness (QED) is 0.178. The summed E-state index contributed by atoms with van der Waals surface area (Å²) in [5, 5.41) is 5.36. The lowest BCUT2D eigenvalue weighted by atomic mass is 9.70. The molecule has 2 heteroatoms. The van der Waals surface area contributed by atoms with E-state index in [0.717, 1.165) is 39.5 Å². The van der Waals surface area contributed by atoms with E-state index in [9.17, 15) is 0 Å². The van der Waals surface area contributed by atoms with E-state index in [1.165, 1.54) is 60.5 Å². The molecular weight excluding hydrogens is 617 g/mol. The molecule has 9 aromatic rings. The first-order chi connectivity index (χ1) is 25.3. The van der Waals surface area contributed by atoms with Crippen molar-refractivity contribution in [2.24, 2.45) is 0 Å². The van der Waals surface area contributed by atoms with Crippen molar-refractivity contribution in [2.45, 2.75) is 5.41 Å². The molecule has 2 aliphatic carbocycles. The first-order valence-electron chi connectivity index (χ1n) is 17.6. The SMILES string of the molecule is c1ccc(-c2cc(-c3cccc(-c4ccc5c(c4)C4(c6ccccc6-5)c5cccc6ccc7cccc4c7c56)c3)nc(-c3ccccc3)n2)cc1. The average Bonchev–Trinajstić information content (AvgIpc) is 3.68. The lowest BCUT2D eigenvalue weighted by Gasteiger charge is -2.31. The van der Waals surface area contributed by atoms with Crippen LogP contribution in [0.5, 0.6) is 0 Å². The topological polar surface area (TPSA) is 25.8 Å². The molecule has 2 aliphatic rings. The highest BCUT2D eigenvalue weighted by molar-refractivity contribution is 6.17. The van der Waals surface area contributed by atoms with Gasteiger partial charge < -0.3 is 0 Å². The van der Waals surface area contributed by atoms with Crippen molar-refractivity contribution in [1.82, 2.24) is 9.97 Å². The number of benzene rings is 8. The predicted octanol–water partition coefficient (Wildman–Crippen LogP) is 12.1. The van der Waals surface area contributed by atoms with Crippen LogP contribution < -0.4 is 0 Å². The Bertz CT molecular complexity index is 2730. The van der Waals surface area contributed by atoms with Crippen molar-refractivity contribution in [2.75, 3.05) is 0 Å². The van der Waals surface area contributed by atoms with Crippen molar-refractivity contribution in [3.05, 3.63) is 204 Å². The molecule has 0 saturated carbocycles. The second kappa shape index (κ2) is 10.7. The molecule has 1 aromatic heterocycles. The van der Waals surface area contributed by atoms with Crippen LogP contribution in [0.15, 0.2) is 182 Å². The summed E-state index contributed by atoms with van der Waals surface area (Å²) in [6.45, 7) is 0. The Hall–Kier alpha value is -6.64. The molecule has 0 fully saturated rings. The van der Waals surface area contributed by atoms with Crippen molar-refractivity contribution >= 4 is 21.5 Å². The first kappa shape index (κ1) is 28.2. The third-order valence-corrected chi connectivity index (χ3v) is 11.1. The van der Waals surface area contributed by atoms with Gasteiger partial charge in [-0.3, -0.25) is 0 Å². The lowest BCUT2D eigenvalue weighted by molar-refractivity contribution is 0.797. The molecule has 0 unspecified atom stereocenters. The Kier molecular flexibility index (Phi) is 5.91. The first-order valence-corrected chi connectivity index (χ1v) is 17.6. The maximum atomic E-state index is 5.13. The fourth-order valence-electron chi connectivity index (χ4n) is 8.89. The Labute approximate surface area is 296 Å². The molecule has 0 radical (unpaired) electrons. The molecule has 1 spiro atoms. The number of rotatable bonds is 4. The molecule has 8 aromatic carbocycles. The number of hydrogen-bond donors (Lipinski definition) is 0. The summed E-state index contributed by atoms with van der Waals surface area (Å²) in [5.41, 5.74) is 15.0. The van der Waals surface area contributed by atoms with E-state index < -0.39 is 0 Å². The smallest absolute Gasteiger partial charge is 0.160 e. The summed E-state index contributed by atoms with van der Waals surface area (Å²) >= 11 is 0. The number of fused-ring (bicyclic) bond motifs is 7. The van der Waals surface area contributed by atoms with Crippen LogP contribution in [-0.4, -0.2) is 9.97 Å². The number of hydrogen-bond acceptors (Lipinski definition) is 2. The highest BCUT2D eigenvalue weighted by Gasteiger charge is 2.50. The van der Waals surface area contributed by atoms with Gasteiger partial charge in [-0.2, -0.15) is 0 Å². The summed E-state index contributed by atoms with van der Waals surface area (Å²) in [7, 11) is 0. The molecule has 11 rings (SSSR count). The van der Waals surface area contributed by atoms with Crippen LogP contribution in [0.2, 0.25) is 0 Å². The van der Waals surface area contributed by atoms with E-state index in [4.69, 9.17) is 9.97 Å². The minimum absolute atomic E-state index is 0.385. The van der Waals surface area contributed by atoms with Gasteiger partial charge in [0.05, 0.1) is 16.8 Å². The van der Waals surface area contributed by atoms with Crippen LogP contribution in [0.3, 0.4) is 0 Å². The molecular formula is C49H30N2. The molecule has 0 atom stereocenters. The highest BCUT2D eigenvalue weighted by Crippen LogP contribution is 2.62. The molecule has 1 heterocycles. The van der Waals surface area contributed by atoms with Gasteiger partial charge >= 0.3 is 0 Å². The maximum absolute atomic E-state index is 5.13. The van der Waals surface area contributed by atoms with Crippen molar-refractivity contribution in [1.29, 1.82) is 0 Å². The molecule has 51 heavy (non-hydrogen) atoms. The van der Waals surface area contributed by atoms with E-state index in [0.29, 0.717) is 0 Å². The van der Waals surface area contributed by atoms with Gasteiger partial charge in [-0.15, -0.1) is 0 Å². The van der Waals surface area contributed by atoms with E-state index in [1.807, 2.05) is 24.3 Å². The molecule has 2 nitrogen and oxygen atoms in total. The average molecular weight is 647 g/mol. The normalized spacial score (nSPS) is 13.3. The van der Waals surface area contributed by atoms with Crippen LogP contribution in [0.1, 0.15) is 22.3 Å². The zero-order valence-corrected chi connectivity index (χ0v) is 27.7. The fourth-order valence-corrected chi connectivity index (χ4v) is 8.89. The maximum Gasteiger partial charge on any atom is 0.160 e. The number of aromatic nitrogens is 2. The van der Waals surface area contributed by atoms with Crippen LogP contribution in [0.4, 0.5) is 0 Å². The minimum atomic E-state index is -0.385. The van der Waals surface area contributed by atoms with Crippen molar-refractivity contribution in [3.8, 4) is 56.2 Å². The van der Waals surface area contributed by atoms with Gasteiger partial charge in [0.15, 0.2) is 5.82 Å². The third-order valence-electron chi connectivity index (χ3n) is 11.1. The molecule has 0 bridgehead atoms. The monoisotopic (exact) mass is 646 g/mol. The summed E-state index contributed by atoms with van der Waals surface area (Å²) in [6, 6.07) is 66.0. The zero-order valence-electron chi connectivity index (χ0n) is 27.7. The van der Waals surface area contributed by atoms with Crippen molar-refractivity contribution < 1.29 is 0 Å². The van der Waals surface area contributed by atoms with Crippen LogP contribution in [0, 0.1) is 0 Å². The van der Waals surface area contributed by atoms with Crippen LogP contribution >= 0.6 is 0 Å². The van der Waals surface area contributed by atoms with Gasteiger partial charge in [0.1, 0.15) is 0 Å². The Morgan fingerprint density at radius 3 is 1.57 bits per heavy atom. The van der Waals surface area contributed by atoms with Gasteiger partial charge in [-0.25, -0.2) is 9.97 Å². The molecule has 0 saturated heterocycles. The van der Waals surface area contributed by atoms with Crippen LogP contribution in [-0.2, 0) is 5.41 Å². The van der Waals surface area contributed by atoms with Crippen LogP contribution in [0.25, 0.3) is 77.7 Å². The fraction of sp³-hybridized carbons (Fsp3) is 0.0204. The second-order valence-corrected chi connectivity index (χ2v) is 13.7. The van der Waals surface area contributed by atoms with E-state index in [2.05, 4.69) is 158 Å². The Morgan fingerprint density at radius 2 is 0.843 bits per heavy atom. The van der Waals surface area contributed by atoms with Gasteiger partial charge in [0.25, 0.3) is 0 Å². The van der Waals surface area contributed by atoms with E-state index >= 15 is 0 Å². The Balaban J connectivity index is 1.11. The third kappa shape index (κ3) is 3.99. The zero-order chi connectivity index (χ0) is 33.5. The van der Waals surface area contributed by atoms with Gasteiger partial charge in [-0.1, -0.05) is 164 Å². The summed E-state index contributed by atoms with van der Waals surface area (Å²) in [4.78, 5) is 10.2. The summed E-state index contributed by atoms with van der Waals surface area (Å²) in [5.74, 6) is 0.721. The van der Waals surface area contributed by atoms with Gasteiger partial charge in [0, 0.05) is 16.7 Å². The van der Waals surface area contributed by atoms with Gasteiger partial charge in [0.2, 0.25) is 0 Å². The van der Waals surface area contributed by atoms with E-state index in [-0.39, 0.29) is 5.41 Å². The minimum Gasteiger partial charge on any atom is -0.228 e. The summed E-state index contributed by atoms with van der Waals surface area (Å²) in [6.07, 6.45) is 0.